The molecule has 0 unspecified atom stereocenters. The van der Waals surface area contributed by atoms with Gasteiger partial charge in [0.1, 0.15) is 0 Å². The van der Waals surface area contributed by atoms with Crippen molar-refractivity contribution in [2.24, 2.45) is 11.3 Å². The van der Waals surface area contributed by atoms with E-state index in [9.17, 15) is 0 Å². The SMILES string of the molecule is CC(C)(C)CC1CCCCC1. The second-order valence-corrected chi connectivity index (χ2v) is 5.27. The molecular formula is C11H22. The van der Waals surface area contributed by atoms with Gasteiger partial charge in [-0.25, -0.2) is 0 Å². The van der Waals surface area contributed by atoms with E-state index in [0.717, 1.165) is 5.92 Å². The third-order valence-corrected chi connectivity index (χ3v) is 2.63. The summed E-state index contributed by atoms with van der Waals surface area (Å²) in [6, 6.07) is 0. The summed E-state index contributed by atoms with van der Waals surface area (Å²) in [4.78, 5) is 0. The molecular weight excluding hydrogens is 132 g/mol. The molecule has 1 rings (SSSR count). The molecule has 0 spiro atoms. The van der Waals surface area contributed by atoms with Crippen molar-refractivity contribution in [1.82, 2.24) is 0 Å². The smallest absolute Gasteiger partial charge is 0.0380 e. The van der Waals surface area contributed by atoms with Crippen molar-refractivity contribution in [2.45, 2.75) is 59.3 Å². The molecule has 11 heavy (non-hydrogen) atoms. The lowest BCUT2D eigenvalue weighted by Crippen LogP contribution is -2.15. The van der Waals surface area contributed by atoms with Crippen molar-refractivity contribution < 1.29 is 0 Å². The Kier molecular flexibility index (Phi) is 2.98. The predicted octanol–water partition coefficient (Wildman–Crippen LogP) is 4.00. The summed E-state index contributed by atoms with van der Waals surface area (Å²) in [7, 11) is 0. The summed E-state index contributed by atoms with van der Waals surface area (Å²) in [5.41, 5.74) is 0.558. The van der Waals surface area contributed by atoms with Gasteiger partial charge in [0.2, 0.25) is 0 Å². The van der Waals surface area contributed by atoms with Crippen LogP contribution in [0.5, 0.6) is 0 Å². The normalized spacial score (nSPS) is 22.1. The van der Waals surface area contributed by atoms with Crippen LogP contribution in [-0.4, -0.2) is 0 Å². The van der Waals surface area contributed by atoms with Crippen LogP contribution in [0.2, 0.25) is 0 Å². The molecule has 0 aromatic carbocycles. The van der Waals surface area contributed by atoms with Crippen molar-refractivity contribution in [3.63, 3.8) is 0 Å². The van der Waals surface area contributed by atoms with Gasteiger partial charge in [-0.05, 0) is 17.8 Å². The number of hydrogen-bond acceptors (Lipinski definition) is 0. The molecule has 0 aromatic rings. The van der Waals surface area contributed by atoms with E-state index in [1.807, 2.05) is 0 Å². The topological polar surface area (TPSA) is 0 Å². The maximum atomic E-state index is 2.36. The molecule has 0 N–H and O–H groups in total. The molecule has 0 atom stereocenters. The minimum Gasteiger partial charge on any atom is -0.0602 e. The van der Waals surface area contributed by atoms with Crippen LogP contribution in [-0.2, 0) is 0 Å². The minimum absolute atomic E-state index is 0.558. The first kappa shape index (κ1) is 9.09. The lowest BCUT2D eigenvalue weighted by molar-refractivity contribution is 0.240. The van der Waals surface area contributed by atoms with Gasteiger partial charge in [0, 0.05) is 0 Å². The van der Waals surface area contributed by atoms with Crippen LogP contribution in [0, 0.1) is 11.3 Å². The van der Waals surface area contributed by atoms with Crippen molar-refractivity contribution in [2.75, 3.05) is 0 Å². The molecule has 66 valence electrons. The van der Waals surface area contributed by atoms with E-state index in [1.54, 1.807) is 0 Å². The summed E-state index contributed by atoms with van der Waals surface area (Å²) in [5.74, 6) is 1.05. The monoisotopic (exact) mass is 154 g/mol. The minimum atomic E-state index is 0.558. The van der Waals surface area contributed by atoms with Crippen LogP contribution in [0.25, 0.3) is 0 Å². The average molecular weight is 154 g/mol. The zero-order chi connectivity index (χ0) is 8.32. The molecule has 1 fully saturated rings. The molecule has 0 nitrogen and oxygen atoms in total. The first-order valence-electron chi connectivity index (χ1n) is 5.08. The Morgan fingerprint density at radius 2 is 1.55 bits per heavy atom. The first-order valence-corrected chi connectivity index (χ1v) is 5.08. The quantitative estimate of drug-likeness (QED) is 0.535. The van der Waals surface area contributed by atoms with Gasteiger partial charge < -0.3 is 0 Å². The zero-order valence-electron chi connectivity index (χ0n) is 8.32. The molecule has 1 aliphatic carbocycles. The van der Waals surface area contributed by atoms with E-state index in [4.69, 9.17) is 0 Å². The van der Waals surface area contributed by atoms with Crippen LogP contribution in [0.1, 0.15) is 59.3 Å². The molecule has 1 aliphatic rings. The Labute approximate surface area is 71.4 Å². The van der Waals surface area contributed by atoms with Gasteiger partial charge in [0.15, 0.2) is 0 Å². The van der Waals surface area contributed by atoms with E-state index >= 15 is 0 Å². The molecule has 0 bridgehead atoms. The fourth-order valence-electron chi connectivity index (χ4n) is 2.26. The third kappa shape index (κ3) is 3.79. The Morgan fingerprint density at radius 1 is 1.00 bits per heavy atom. The van der Waals surface area contributed by atoms with Crippen LogP contribution in [0.15, 0.2) is 0 Å². The summed E-state index contributed by atoms with van der Waals surface area (Å²) in [6.07, 6.45) is 8.89. The maximum Gasteiger partial charge on any atom is -0.0380 e. The van der Waals surface area contributed by atoms with E-state index in [0.29, 0.717) is 5.41 Å². The van der Waals surface area contributed by atoms with E-state index in [-0.39, 0.29) is 0 Å². The second-order valence-electron chi connectivity index (χ2n) is 5.27. The van der Waals surface area contributed by atoms with Gasteiger partial charge >= 0.3 is 0 Å². The van der Waals surface area contributed by atoms with Crippen LogP contribution >= 0.6 is 0 Å². The Hall–Kier alpha value is 0. The first-order chi connectivity index (χ1) is 5.08. The summed E-state index contributed by atoms with van der Waals surface area (Å²) < 4.78 is 0. The van der Waals surface area contributed by atoms with Gasteiger partial charge in [0.25, 0.3) is 0 Å². The number of rotatable bonds is 1. The van der Waals surface area contributed by atoms with E-state index in [1.165, 1.54) is 38.5 Å². The Morgan fingerprint density at radius 3 is 2.00 bits per heavy atom. The van der Waals surface area contributed by atoms with Crippen LogP contribution in [0.4, 0.5) is 0 Å². The van der Waals surface area contributed by atoms with E-state index in [2.05, 4.69) is 20.8 Å². The van der Waals surface area contributed by atoms with Crippen LogP contribution < -0.4 is 0 Å². The molecule has 0 heteroatoms. The lowest BCUT2D eigenvalue weighted by Gasteiger charge is -2.28. The second kappa shape index (κ2) is 3.60. The van der Waals surface area contributed by atoms with Gasteiger partial charge in [-0.2, -0.15) is 0 Å². The highest BCUT2D eigenvalue weighted by Crippen LogP contribution is 2.33. The summed E-state index contributed by atoms with van der Waals surface area (Å²) in [5, 5.41) is 0. The highest BCUT2D eigenvalue weighted by atomic mass is 14.3. The average Bonchev–Trinajstić information content (AvgIpc) is 1.85. The lowest BCUT2D eigenvalue weighted by atomic mass is 9.78. The number of hydrogen-bond donors (Lipinski definition) is 0. The highest BCUT2D eigenvalue weighted by Gasteiger charge is 2.20. The van der Waals surface area contributed by atoms with Gasteiger partial charge in [-0.3, -0.25) is 0 Å². The Balaban J connectivity index is 2.24. The van der Waals surface area contributed by atoms with Crippen molar-refractivity contribution in [3.05, 3.63) is 0 Å². The van der Waals surface area contributed by atoms with Crippen molar-refractivity contribution in [1.29, 1.82) is 0 Å². The van der Waals surface area contributed by atoms with E-state index < -0.39 is 0 Å². The summed E-state index contributed by atoms with van der Waals surface area (Å²) in [6.45, 7) is 7.09. The molecule has 0 aromatic heterocycles. The molecule has 0 heterocycles. The Bertz CT molecular complexity index is 102. The molecule has 0 radical (unpaired) electrons. The fourth-order valence-corrected chi connectivity index (χ4v) is 2.26. The van der Waals surface area contributed by atoms with Crippen molar-refractivity contribution in [3.8, 4) is 0 Å². The zero-order valence-corrected chi connectivity index (χ0v) is 8.32. The standard InChI is InChI=1S/C11H22/c1-11(2,3)9-10-7-5-4-6-8-10/h10H,4-9H2,1-3H3. The molecule has 0 amide bonds. The van der Waals surface area contributed by atoms with Gasteiger partial charge in [0.05, 0.1) is 0 Å². The molecule has 1 saturated carbocycles. The third-order valence-electron chi connectivity index (χ3n) is 2.63. The maximum absolute atomic E-state index is 2.36. The molecule has 0 saturated heterocycles. The van der Waals surface area contributed by atoms with Gasteiger partial charge in [-0.1, -0.05) is 52.9 Å². The highest BCUT2D eigenvalue weighted by molar-refractivity contribution is 4.72. The van der Waals surface area contributed by atoms with Crippen molar-refractivity contribution >= 4 is 0 Å². The summed E-state index contributed by atoms with van der Waals surface area (Å²) >= 11 is 0. The van der Waals surface area contributed by atoms with Crippen LogP contribution in [0.3, 0.4) is 0 Å². The fraction of sp³-hybridized carbons (Fsp3) is 1.00. The molecule has 0 aliphatic heterocycles. The van der Waals surface area contributed by atoms with Gasteiger partial charge in [-0.15, -0.1) is 0 Å². The largest absolute Gasteiger partial charge is 0.0602 e. The predicted molar refractivity (Wildman–Crippen MR) is 50.6 cm³/mol.